The predicted octanol–water partition coefficient (Wildman–Crippen LogP) is 2.43. The lowest BCUT2D eigenvalue weighted by molar-refractivity contribution is 0.0905. The predicted molar refractivity (Wildman–Crippen MR) is 109 cm³/mol. The van der Waals surface area contributed by atoms with Gasteiger partial charge >= 0.3 is 5.69 Å². The number of imidazole rings is 1. The van der Waals surface area contributed by atoms with E-state index in [0.29, 0.717) is 12.8 Å². The van der Waals surface area contributed by atoms with E-state index in [2.05, 4.69) is 29.3 Å². The Morgan fingerprint density at radius 3 is 2.50 bits per heavy atom. The van der Waals surface area contributed by atoms with E-state index in [4.69, 9.17) is 0 Å². The van der Waals surface area contributed by atoms with Crippen LogP contribution in [0.5, 0.6) is 0 Å². The van der Waals surface area contributed by atoms with E-state index < -0.39 is 11.2 Å². The molecular weight excluding hydrogens is 356 g/mol. The van der Waals surface area contributed by atoms with Crippen molar-refractivity contribution in [3.05, 3.63) is 75.2 Å². The Kier molecular flexibility index (Phi) is 6.03. The quantitative estimate of drug-likeness (QED) is 0.466. The molecule has 0 unspecified atom stereocenters. The summed E-state index contributed by atoms with van der Waals surface area (Å²) >= 11 is 0. The van der Waals surface area contributed by atoms with E-state index in [1.54, 1.807) is 0 Å². The summed E-state index contributed by atoms with van der Waals surface area (Å²) in [6.45, 7) is 0. The molecule has 0 fully saturated rings. The number of carbonyl (C=O) groups excluding carboxylic acids is 1. The van der Waals surface area contributed by atoms with Crippen LogP contribution in [0.15, 0.2) is 58.4 Å². The molecule has 0 aliphatic carbocycles. The van der Waals surface area contributed by atoms with E-state index >= 15 is 0 Å². The standard InChI is InChI=1S/C21H24N4O3/c1-23-19-18(20(27)24(2)21(23)28)25(15-22-19)17(26)14-10-5-3-4-7-11-16-12-8-6-9-13-16/h3-4,6,8-9,12-13,15H,5,7,10-11,14H2,1-2H3. The molecular formula is C21H24N4O3. The molecule has 0 amide bonds. The zero-order chi connectivity index (χ0) is 20.1. The normalized spacial score (nSPS) is 11.5. The molecule has 7 nitrogen and oxygen atoms in total. The van der Waals surface area contributed by atoms with Crippen molar-refractivity contribution in [1.82, 2.24) is 18.7 Å². The first kappa shape index (κ1) is 19.5. The van der Waals surface area contributed by atoms with E-state index in [1.165, 1.54) is 35.1 Å². The van der Waals surface area contributed by atoms with Crippen LogP contribution in [0.3, 0.4) is 0 Å². The van der Waals surface area contributed by atoms with Crippen LogP contribution in [0.1, 0.15) is 36.0 Å². The number of nitrogens with zero attached hydrogens (tertiary/aromatic N) is 4. The van der Waals surface area contributed by atoms with Crippen molar-refractivity contribution in [1.29, 1.82) is 0 Å². The molecule has 0 radical (unpaired) electrons. The number of hydrogen-bond acceptors (Lipinski definition) is 4. The van der Waals surface area contributed by atoms with Crippen LogP contribution >= 0.6 is 0 Å². The van der Waals surface area contributed by atoms with E-state index in [-0.39, 0.29) is 17.1 Å². The van der Waals surface area contributed by atoms with Gasteiger partial charge in [0, 0.05) is 20.5 Å². The Morgan fingerprint density at radius 1 is 1.04 bits per heavy atom. The molecule has 3 aromatic rings. The van der Waals surface area contributed by atoms with Crippen LogP contribution in [-0.4, -0.2) is 24.6 Å². The van der Waals surface area contributed by atoms with Gasteiger partial charge in [0.2, 0.25) is 5.91 Å². The zero-order valence-corrected chi connectivity index (χ0v) is 16.2. The fourth-order valence-corrected chi connectivity index (χ4v) is 3.16. The summed E-state index contributed by atoms with van der Waals surface area (Å²) in [6.07, 6.45) is 9.30. The minimum atomic E-state index is -0.509. The third kappa shape index (κ3) is 4.03. The van der Waals surface area contributed by atoms with Crippen molar-refractivity contribution in [2.45, 2.75) is 32.1 Å². The third-order valence-corrected chi connectivity index (χ3v) is 4.79. The van der Waals surface area contributed by atoms with Crippen LogP contribution in [-0.2, 0) is 20.5 Å². The number of allylic oxidation sites excluding steroid dienone is 2. The number of unbranched alkanes of at least 4 members (excludes halogenated alkanes) is 1. The lowest BCUT2D eigenvalue weighted by Crippen LogP contribution is -2.38. The van der Waals surface area contributed by atoms with Crippen LogP contribution in [0, 0.1) is 0 Å². The van der Waals surface area contributed by atoms with Crippen molar-refractivity contribution in [2.24, 2.45) is 14.1 Å². The molecule has 0 aliphatic heterocycles. The second-order valence-electron chi connectivity index (χ2n) is 6.77. The highest BCUT2D eigenvalue weighted by Crippen LogP contribution is 2.09. The van der Waals surface area contributed by atoms with Gasteiger partial charge in [-0.2, -0.15) is 0 Å². The minimum Gasteiger partial charge on any atom is -0.279 e. The molecule has 3 rings (SSSR count). The first-order chi connectivity index (χ1) is 13.5. The molecule has 0 aliphatic rings. The highest BCUT2D eigenvalue weighted by atomic mass is 16.2. The second-order valence-corrected chi connectivity index (χ2v) is 6.77. The average molecular weight is 380 g/mol. The summed E-state index contributed by atoms with van der Waals surface area (Å²) in [5, 5.41) is 0. The van der Waals surface area contributed by atoms with Crippen molar-refractivity contribution >= 4 is 17.1 Å². The number of aryl methyl sites for hydroxylation is 2. The zero-order valence-electron chi connectivity index (χ0n) is 16.2. The largest absolute Gasteiger partial charge is 0.332 e. The number of aromatic nitrogens is 4. The molecule has 2 aromatic heterocycles. The van der Waals surface area contributed by atoms with Crippen molar-refractivity contribution < 1.29 is 4.79 Å². The maximum Gasteiger partial charge on any atom is 0.332 e. The Bertz CT molecular complexity index is 1120. The minimum absolute atomic E-state index is 0.146. The van der Waals surface area contributed by atoms with Gasteiger partial charge in [0.15, 0.2) is 11.2 Å². The number of benzene rings is 1. The van der Waals surface area contributed by atoms with E-state index in [1.807, 2.05) is 18.2 Å². The lowest BCUT2D eigenvalue weighted by Gasteiger charge is -2.05. The molecule has 2 heterocycles. The fourth-order valence-electron chi connectivity index (χ4n) is 3.16. The molecule has 0 spiro atoms. The van der Waals surface area contributed by atoms with Crippen LogP contribution in [0.2, 0.25) is 0 Å². The SMILES string of the molecule is Cn1c(=O)c2c(ncn2C(=O)CCCC=CCCc2ccccc2)n(C)c1=O. The smallest absolute Gasteiger partial charge is 0.279 e. The van der Waals surface area contributed by atoms with Crippen LogP contribution in [0.4, 0.5) is 0 Å². The summed E-state index contributed by atoms with van der Waals surface area (Å²) < 4.78 is 3.52. The number of carbonyl (C=O) groups is 1. The molecule has 0 N–H and O–H groups in total. The molecule has 0 saturated carbocycles. The Morgan fingerprint density at radius 2 is 1.75 bits per heavy atom. The fraction of sp³-hybridized carbons (Fsp3) is 0.333. The van der Waals surface area contributed by atoms with E-state index in [0.717, 1.165) is 23.8 Å². The van der Waals surface area contributed by atoms with Gasteiger partial charge in [0.05, 0.1) is 0 Å². The topological polar surface area (TPSA) is 78.9 Å². The molecule has 0 bridgehead atoms. The lowest BCUT2D eigenvalue weighted by atomic mass is 10.1. The summed E-state index contributed by atoms with van der Waals surface area (Å²) in [6, 6.07) is 10.3. The number of rotatable bonds is 7. The Hall–Kier alpha value is -3.22. The maximum atomic E-state index is 12.5. The van der Waals surface area contributed by atoms with Gasteiger partial charge in [-0.3, -0.25) is 23.3 Å². The first-order valence-corrected chi connectivity index (χ1v) is 9.36. The average Bonchev–Trinajstić information content (AvgIpc) is 3.16. The van der Waals surface area contributed by atoms with Gasteiger partial charge in [0.25, 0.3) is 5.56 Å². The number of hydrogen-bond donors (Lipinski definition) is 0. The van der Waals surface area contributed by atoms with Crippen molar-refractivity contribution in [2.75, 3.05) is 0 Å². The summed E-state index contributed by atoms with van der Waals surface area (Å²) in [5.41, 5.74) is 0.709. The highest BCUT2D eigenvalue weighted by Gasteiger charge is 2.17. The van der Waals surface area contributed by atoms with Crippen molar-refractivity contribution in [3.63, 3.8) is 0 Å². The molecule has 7 heteroatoms. The maximum absolute atomic E-state index is 12.5. The molecule has 28 heavy (non-hydrogen) atoms. The summed E-state index contributed by atoms with van der Waals surface area (Å²) in [4.78, 5) is 40.9. The highest BCUT2D eigenvalue weighted by molar-refractivity contribution is 5.88. The van der Waals surface area contributed by atoms with Gasteiger partial charge in [-0.05, 0) is 31.2 Å². The van der Waals surface area contributed by atoms with Gasteiger partial charge in [-0.1, -0.05) is 42.5 Å². The van der Waals surface area contributed by atoms with Gasteiger partial charge < -0.3 is 0 Å². The van der Waals surface area contributed by atoms with Crippen molar-refractivity contribution in [3.8, 4) is 0 Å². The van der Waals surface area contributed by atoms with Gasteiger partial charge in [-0.15, -0.1) is 0 Å². The Labute approximate surface area is 162 Å². The summed E-state index contributed by atoms with van der Waals surface area (Å²) in [7, 11) is 2.93. The van der Waals surface area contributed by atoms with Crippen LogP contribution < -0.4 is 11.2 Å². The third-order valence-electron chi connectivity index (χ3n) is 4.79. The van der Waals surface area contributed by atoms with Crippen LogP contribution in [0.25, 0.3) is 11.2 Å². The second kappa shape index (κ2) is 8.65. The summed E-state index contributed by atoms with van der Waals surface area (Å²) in [5.74, 6) is -0.198. The Balaban J connectivity index is 1.56. The first-order valence-electron chi connectivity index (χ1n) is 9.36. The van der Waals surface area contributed by atoms with Gasteiger partial charge in [-0.25, -0.2) is 9.78 Å². The monoisotopic (exact) mass is 380 g/mol. The number of fused-ring (bicyclic) bond motifs is 1. The molecule has 146 valence electrons. The van der Waals surface area contributed by atoms with E-state index in [9.17, 15) is 14.4 Å². The molecule has 1 aromatic carbocycles. The molecule has 0 atom stereocenters. The van der Waals surface area contributed by atoms with Gasteiger partial charge in [0.1, 0.15) is 6.33 Å². The molecule has 0 saturated heterocycles.